The molecule has 0 aliphatic carbocycles. The quantitative estimate of drug-likeness (QED) is 0.808. The minimum Gasteiger partial charge on any atom is -0.391 e. The van der Waals surface area contributed by atoms with Gasteiger partial charge in [-0.15, -0.1) is 0 Å². The van der Waals surface area contributed by atoms with E-state index < -0.39 is 0 Å². The zero-order valence-corrected chi connectivity index (χ0v) is 12.9. The summed E-state index contributed by atoms with van der Waals surface area (Å²) < 4.78 is 2.04. The molecule has 0 aromatic carbocycles. The molecule has 0 N–H and O–H groups in total. The van der Waals surface area contributed by atoms with Crippen LogP contribution in [0.4, 0.5) is 0 Å². The molecule has 5 nitrogen and oxygen atoms in total. The van der Waals surface area contributed by atoms with Crippen molar-refractivity contribution in [2.24, 2.45) is 11.1 Å². The van der Waals surface area contributed by atoms with Gasteiger partial charge in [0.25, 0.3) is 0 Å². The van der Waals surface area contributed by atoms with Gasteiger partial charge >= 0.3 is 0 Å². The average Bonchev–Trinajstić information content (AvgIpc) is 3.18. The lowest BCUT2D eigenvalue weighted by molar-refractivity contribution is 0.0411. The maximum atomic E-state index is 5.52. The molecule has 0 amide bonds. The van der Waals surface area contributed by atoms with Gasteiger partial charge in [0, 0.05) is 31.9 Å². The van der Waals surface area contributed by atoms with E-state index in [1.807, 2.05) is 16.9 Å². The van der Waals surface area contributed by atoms with Crippen molar-refractivity contribution < 1.29 is 4.84 Å². The summed E-state index contributed by atoms with van der Waals surface area (Å²) in [6.45, 7) is 6.64. The zero-order chi connectivity index (χ0) is 14.5. The van der Waals surface area contributed by atoms with Gasteiger partial charge in [0.1, 0.15) is 6.10 Å². The van der Waals surface area contributed by atoms with E-state index >= 15 is 0 Å². The molecule has 1 aromatic rings. The zero-order valence-electron chi connectivity index (χ0n) is 12.9. The van der Waals surface area contributed by atoms with Gasteiger partial charge in [-0.05, 0) is 50.8 Å². The smallest absolute Gasteiger partial charge is 0.145 e. The summed E-state index contributed by atoms with van der Waals surface area (Å²) in [5.74, 6) is 0.845. The molecule has 3 heterocycles. The molecule has 0 radical (unpaired) electrons. The average molecular weight is 290 g/mol. The van der Waals surface area contributed by atoms with Crippen molar-refractivity contribution in [1.29, 1.82) is 0 Å². The number of rotatable bonds is 6. The van der Waals surface area contributed by atoms with Crippen LogP contribution in [0, 0.1) is 5.92 Å². The Morgan fingerprint density at radius 1 is 1.33 bits per heavy atom. The van der Waals surface area contributed by atoms with Crippen molar-refractivity contribution in [1.82, 2.24) is 14.7 Å². The Kier molecular flexibility index (Phi) is 4.91. The summed E-state index contributed by atoms with van der Waals surface area (Å²) in [6.07, 6.45) is 10.1. The lowest BCUT2D eigenvalue weighted by atomic mass is 9.93. The van der Waals surface area contributed by atoms with Crippen LogP contribution in [0.15, 0.2) is 23.6 Å². The summed E-state index contributed by atoms with van der Waals surface area (Å²) in [5.41, 5.74) is 1.22. The van der Waals surface area contributed by atoms with Crippen LogP contribution in [-0.4, -0.2) is 46.1 Å². The van der Waals surface area contributed by atoms with Gasteiger partial charge in [0.15, 0.2) is 0 Å². The summed E-state index contributed by atoms with van der Waals surface area (Å²) in [5, 5.41) is 8.43. The first-order valence-corrected chi connectivity index (χ1v) is 8.25. The number of hydrogen-bond donors (Lipinski definition) is 0. The van der Waals surface area contributed by atoms with E-state index in [0.29, 0.717) is 6.10 Å². The van der Waals surface area contributed by atoms with Gasteiger partial charge in [-0.2, -0.15) is 5.10 Å². The Bertz CT molecular complexity index is 449. The van der Waals surface area contributed by atoms with Crippen molar-refractivity contribution in [2.45, 2.75) is 51.7 Å². The monoisotopic (exact) mass is 290 g/mol. The van der Waals surface area contributed by atoms with E-state index in [1.165, 1.54) is 38.1 Å². The molecule has 2 aliphatic rings. The molecule has 0 saturated carbocycles. The van der Waals surface area contributed by atoms with Gasteiger partial charge in [0.05, 0.1) is 5.71 Å². The molecule has 116 valence electrons. The van der Waals surface area contributed by atoms with Gasteiger partial charge in [-0.25, -0.2) is 0 Å². The Labute approximate surface area is 126 Å². The van der Waals surface area contributed by atoms with Crippen LogP contribution in [0.1, 0.15) is 39.0 Å². The Morgan fingerprint density at radius 2 is 2.19 bits per heavy atom. The predicted octanol–water partition coefficient (Wildman–Crippen LogP) is 2.54. The number of aryl methyl sites for hydroxylation is 1. The highest BCUT2D eigenvalue weighted by Crippen LogP contribution is 2.23. The molecule has 0 bridgehead atoms. The van der Waals surface area contributed by atoms with Crippen molar-refractivity contribution >= 4 is 5.71 Å². The second-order valence-corrected chi connectivity index (χ2v) is 6.24. The van der Waals surface area contributed by atoms with Crippen molar-refractivity contribution in [3.63, 3.8) is 0 Å². The lowest BCUT2D eigenvalue weighted by Gasteiger charge is -2.32. The number of likely N-dealkylation sites (tertiary alicyclic amines) is 1. The van der Waals surface area contributed by atoms with Crippen LogP contribution in [-0.2, 0) is 11.4 Å². The van der Waals surface area contributed by atoms with Crippen LogP contribution < -0.4 is 0 Å². The number of nitrogens with zero attached hydrogens (tertiary/aromatic N) is 4. The van der Waals surface area contributed by atoms with Crippen LogP contribution in [0.5, 0.6) is 0 Å². The maximum Gasteiger partial charge on any atom is 0.145 e. The minimum atomic E-state index is 0.292. The third-order valence-electron chi connectivity index (χ3n) is 4.70. The largest absolute Gasteiger partial charge is 0.391 e. The molecule has 3 rings (SSSR count). The number of aromatic nitrogens is 2. The molecule has 1 saturated heterocycles. The Morgan fingerprint density at radius 3 is 2.86 bits per heavy atom. The third kappa shape index (κ3) is 4.06. The van der Waals surface area contributed by atoms with E-state index in [4.69, 9.17) is 4.84 Å². The molecule has 1 fully saturated rings. The van der Waals surface area contributed by atoms with E-state index in [2.05, 4.69) is 28.3 Å². The fraction of sp³-hybridized carbons (Fsp3) is 0.750. The fourth-order valence-electron chi connectivity index (χ4n) is 3.29. The normalized spacial score (nSPS) is 24.0. The standard InChI is InChI=1S/C16H26N4O/c1-2-15-12-16(21-18-15)13-19-9-4-14(5-10-19)6-11-20-8-3-7-17-20/h3,7-8,14,16H,2,4-6,9-13H2,1H3. The first-order valence-electron chi connectivity index (χ1n) is 8.25. The number of hydrogen-bond acceptors (Lipinski definition) is 4. The van der Waals surface area contributed by atoms with Crippen molar-refractivity contribution in [2.75, 3.05) is 19.6 Å². The van der Waals surface area contributed by atoms with E-state index in [0.717, 1.165) is 31.8 Å². The summed E-state index contributed by atoms with van der Waals surface area (Å²) in [4.78, 5) is 8.06. The lowest BCUT2D eigenvalue weighted by Crippen LogP contribution is -2.39. The topological polar surface area (TPSA) is 42.6 Å². The third-order valence-corrected chi connectivity index (χ3v) is 4.70. The first kappa shape index (κ1) is 14.6. The van der Waals surface area contributed by atoms with Crippen LogP contribution in [0.2, 0.25) is 0 Å². The molecule has 5 heteroatoms. The summed E-state index contributed by atoms with van der Waals surface area (Å²) >= 11 is 0. The van der Waals surface area contributed by atoms with Gasteiger partial charge in [-0.3, -0.25) is 9.58 Å². The van der Waals surface area contributed by atoms with Gasteiger partial charge < -0.3 is 4.84 Å². The van der Waals surface area contributed by atoms with E-state index in [9.17, 15) is 0 Å². The molecule has 0 spiro atoms. The molecule has 1 aromatic heterocycles. The van der Waals surface area contributed by atoms with Crippen LogP contribution in [0.25, 0.3) is 0 Å². The molecule has 21 heavy (non-hydrogen) atoms. The van der Waals surface area contributed by atoms with Gasteiger partial charge in [0.2, 0.25) is 0 Å². The van der Waals surface area contributed by atoms with Crippen LogP contribution in [0.3, 0.4) is 0 Å². The second-order valence-electron chi connectivity index (χ2n) is 6.24. The molecule has 1 unspecified atom stereocenters. The minimum absolute atomic E-state index is 0.292. The summed E-state index contributed by atoms with van der Waals surface area (Å²) in [7, 11) is 0. The number of oxime groups is 1. The SMILES string of the molecule is CCC1=NOC(CN2CCC(CCn3cccn3)CC2)C1. The molecule has 2 aliphatic heterocycles. The predicted molar refractivity (Wildman–Crippen MR) is 83.2 cm³/mol. The molecular formula is C16H26N4O. The van der Waals surface area contributed by atoms with Gasteiger partial charge in [-0.1, -0.05) is 12.1 Å². The summed E-state index contributed by atoms with van der Waals surface area (Å²) in [6, 6.07) is 2.00. The maximum absolute atomic E-state index is 5.52. The Balaban J connectivity index is 1.34. The van der Waals surface area contributed by atoms with Crippen molar-refractivity contribution in [3.8, 4) is 0 Å². The Hall–Kier alpha value is -1.36. The first-order chi connectivity index (χ1) is 10.3. The number of piperidine rings is 1. The molecule has 1 atom stereocenters. The highest BCUT2D eigenvalue weighted by Gasteiger charge is 2.25. The van der Waals surface area contributed by atoms with E-state index in [-0.39, 0.29) is 0 Å². The van der Waals surface area contributed by atoms with Crippen LogP contribution >= 0.6 is 0 Å². The fourth-order valence-corrected chi connectivity index (χ4v) is 3.29. The molecular weight excluding hydrogens is 264 g/mol. The second kappa shape index (κ2) is 7.07. The van der Waals surface area contributed by atoms with E-state index in [1.54, 1.807) is 0 Å². The highest BCUT2D eigenvalue weighted by atomic mass is 16.6. The van der Waals surface area contributed by atoms with Crippen molar-refractivity contribution in [3.05, 3.63) is 18.5 Å². The highest BCUT2D eigenvalue weighted by molar-refractivity contribution is 5.85.